The van der Waals surface area contributed by atoms with Gasteiger partial charge in [-0.2, -0.15) is 0 Å². The van der Waals surface area contributed by atoms with E-state index in [0.29, 0.717) is 16.8 Å². The lowest BCUT2D eigenvalue weighted by atomic mass is 9.87. The third kappa shape index (κ3) is 6.44. The Morgan fingerprint density at radius 3 is 2.16 bits per heavy atom. The molecular formula is C31H37N3O3. The predicted octanol–water partition coefficient (Wildman–Crippen LogP) is 5.64. The summed E-state index contributed by atoms with van der Waals surface area (Å²) in [6.07, 6.45) is 7.00. The standard InChI is InChI=1S/C31H37N3O3/c1-31(2,3)24-16-18-26(19-17-24)34(30(37)28(35)22-11-6-4-7-12-22)27(23-13-10-20-32-21-23)29(36)33-25-14-8-5-9-15-25/h4,6-7,10-13,16-21,25,27-28,35H,5,8-9,14-15H2,1-3H3,(H,33,36)/t27?,28-/m0/s1. The number of nitrogens with zero attached hydrogens (tertiary/aromatic N) is 2. The van der Waals surface area contributed by atoms with E-state index < -0.39 is 18.1 Å². The van der Waals surface area contributed by atoms with Gasteiger partial charge in [0.05, 0.1) is 0 Å². The molecule has 2 aromatic carbocycles. The van der Waals surface area contributed by atoms with E-state index in [4.69, 9.17) is 0 Å². The molecule has 1 aliphatic carbocycles. The van der Waals surface area contributed by atoms with Crippen LogP contribution in [0.5, 0.6) is 0 Å². The fraction of sp³-hybridized carbons (Fsp3) is 0.387. The number of nitrogens with one attached hydrogen (secondary N) is 1. The summed E-state index contributed by atoms with van der Waals surface area (Å²) < 4.78 is 0. The molecule has 0 bridgehead atoms. The molecule has 1 aromatic heterocycles. The molecular weight excluding hydrogens is 462 g/mol. The van der Waals surface area contributed by atoms with Gasteiger partial charge in [0.1, 0.15) is 6.04 Å². The van der Waals surface area contributed by atoms with E-state index in [1.807, 2.05) is 30.3 Å². The van der Waals surface area contributed by atoms with Gasteiger partial charge in [0.2, 0.25) is 5.91 Å². The molecule has 1 heterocycles. The van der Waals surface area contributed by atoms with Gasteiger partial charge >= 0.3 is 0 Å². The molecule has 0 spiro atoms. The van der Waals surface area contributed by atoms with Crippen LogP contribution in [0.3, 0.4) is 0 Å². The van der Waals surface area contributed by atoms with E-state index in [1.165, 1.54) is 11.3 Å². The number of hydrogen-bond acceptors (Lipinski definition) is 4. The zero-order valence-corrected chi connectivity index (χ0v) is 21.9. The fourth-order valence-electron chi connectivity index (χ4n) is 4.92. The number of aromatic nitrogens is 1. The zero-order chi connectivity index (χ0) is 26.4. The van der Waals surface area contributed by atoms with Crippen LogP contribution >= 0.6 is 0 Å². The smallest absolute Gasteiger partial charge is 0.261 e. The van der Waals surface area contributed by atoms with Crippen molar-refractivity contribution in [3.63, 3.8) is 0 Å². The first-order chi connectivity index (χ1) is 17.8. The molecule has 1 saturated carbocycles. The van der Waals surface area contributed by atoms with Crippen molar-refractivity contribution in [1.29, 1.82) is 0 Å². The minimum atomic E-state index is -1.43. The van der Waals surface area contributed by atoms with Crippen molar-refractivity contribution in [2.45, 2.75) is 76.5 Å². The highest BCUT2D eigenvalue weighted by molar-refractivity contribution is 6.03. The molecule has 0 radical (unpaired) electrons. The Morgan fingerprint density at radius 1 is 0.919 bits per heavy atom. The Morgan fingerprint density at radius 2 is 1.57 bits per heavy atom. The minimum Gasteiger partial charge on any atom is -0.378 e. The third-order valence-corrected chi connectivity index (χ3v) is 7.06. The number of hydrogen-bond donors (Lipinski definition) is 2. The van der Waals surface area contributed by atoms with Gasteiger partial charge in [0.25, 0.3) is 5.91 Å². The Hall–Kier alpha value is -3.51. The van der Waals surface area contributed by atoms with Crippen LogP contribution in [-0.2, 0) is 15.0 Å². The summed E-state index contributed by atoms with van der Waals surface area (Å²) >= 11 is 0. The van der Waals surface area contributed by atoms with Gasteiger partial charge in [-0.1, -0.05) is 88.6 Å². The summed E-state index contributed by atoms with van der Waals surface area (Å²) in [6.45, 7) is 6.38. The van der Waals surface area contributed by atoms with Crippen molar-refractivity contribution in [3.8, 4) is 0 Å². The minimum absolute atomic E-state index is 0.0692. The van der Waals surface area contributed by atoms with Crippen LogP contribution in [0.4, 0.5) is 5.69 Å². The SMILES string of the molecule is CC(C)(C)c1ccc(N(C(=O)[C@@H](O)c2ccccc2)C(C(=O)NC2CCCCC2)c2cccnc2)cc1. The lowest BCUT2D eigenvalue weighted by Gasteiger charge is -2.34. The quantitative estimate of drug-likeness (QED) is 0.441. The molecule has 0 saturated heterocycles. The topological polar surface area (TPSA) is 82.5 Å². The second kappa shape index (κ2) is 11.7. The number of carbonyl (C=O) groups is 2. The maximum Gasteiger partial charge on any atom is 0.261 e. The Balaban J connectivity index is 1.78. The van der Waals surface area contributed by atoms with Gasteiger partial charge in [-0.3, -0.25) is 19.5 Å². The highest BCUT2D eigenvalue weighted by Crippen LogP contribution is 2.33. The average Bonchev–Trinajstić information content (AvgIpc) is 2.92. The molecule has 2 N–H and O–H groups in total. The number of aliphatic hydroxyl groups excluding tert-OH is 1. The van der Waals surface area contributed by atoms with E-state index in [1.54, 1.807) is 48.8 Å². The molecule has 4 rings (SSSR count). The highest BCUT2D eigenvalue weighted by atomic mass is 16.3. The van der Waals surface area contributed by atoms with Crippen molar-refractivity contribution < 1.29 is 14.7 Å². The maximum atomic E-state index is 14.0. The van der Waals surface area contributed by atoms with Crippen LogP contribution in [0.15, 0.2) is 79.1 Å². The van der Waals surface area contributed by atoms with Gasteiger partial charge in [-0.15, -0.1) is 0 Å². The first-order valence-corrected chi connectivity index (χ1v) is 13.1. The van der Waals surface area contributed by atoms with Crippen molar-refractivity contribution >= 4 is 17.5 Å². The van der Waals surface area contributed by atoms with E-state index in [0.717, 1.165) is 31.2 Å². The molecule has 194 valence electrons. The van der Waals surface area contributed by atoms with Crippen LogP contribution in [0.25, 0.3) is 0 Å². The zero-order valence-electron chi connectivity index (χ0n) is 21.9. The predicted molar refractivity (Wildman–Crippen MR) is 146 cm³/mol. The van der Waals surface area contributed by atoms with Crippen molar-refractivity contribution in [1.82, 2.24) is 10.3 Å². The van der Waals surface area contributed by atoms with Gasteiger partial charge in [-0.05, 0) is 47.6 Å². The number of amides is 2. The lowest BCUT2D eigenvalue weighted by Crippen LogP contribution is -2.48. The largest absolute Gasteiger partial charge is 0.378 e. The number of rotatable bonds is 7. The second-order valence-corrected chi connectivity index (χ2v) is 10.9. The first-order valence-electron chi connectivity index (χ1n) is 13.1. The van der Waals surface area contributed by atoms with Crippen LogP contribution in [0.2, 0.25) is 0 Å². The van der Waals surface area contributed by atoms with E-state index in [9.17, 15) is 14.7 Å². The number of anilines is 1. The summed E-state index contributed by atoms with van der Waals surface area (Å²) in [7, 11) is 0. The molecule has 2 amide bonds. The van der Waals surface area contributed by atoms with Crippen LogP contribution in [0.1, 0.15) is 81.7 Å². The summed E-state index contributed by atoms with van der Waals surface area (Å²) in [5.74, 6) is -0.837. The normalized spacial score (nSPS) is 16.0. The third-order valence-electron chi connectivity index (χ3n) is 7.06. The Kier molecular flexibility index (Phi) is 8.39. The van der Waals surface area contributed by atoms with E-state index in [-0.39, 0.29) is 17.4 Å². The van der Waals surface area contributed by atoms with Gasteiger partial charge in [0, 0.05) is 29.7 Å². The summed E-state index contributed by atoms with van der Waals surface area (Å²) in [6, 6.07) is 19.1. The van der Waals surface area contributed by atoms with Gasteiger partial charge in [-0.25, -0.2) is 0 Å². The molecule has 2 atom stereocenters. The molecule has 1 aliphatic rings. The number of benzene rings is 2. The van der Waals surface area contributed by atoms with E-state index >= 15 is 0 Å². The molecule has 0 aliphatic heterocycles. The lowest BCUT2D eigenvalue weighted by molar-refractivity contribution is -0.131. The number of carbonyl (C=O) groups excluding carboxylic acids is 2. The molecule has 37 heavy (non-hydrogen) atoms. The number of pyridine rings is 1. The fourth-order valence-corrected chi connectivity index (χ4v) is 4.92. The van der Waals surface area contributed by atoms with Crippen LogP contribution in [-0.4, -0.2) is 27.9 Å². The maximum absolute atomic E-state index is 14.0. The van der Waals surface area contributed by atoms with Crippen LogP contribution in [0, 0.1) is 0 Å². The van der Waals surface area contributed by atoms with Crippen molar-refractivity contribution in [3.05, 3.63) is 95.8 Å². The second-order valence-electron chi connectivity index (χ2n) is 10.9. The molecule has 1 unspecified atom stereocenters. The first kappa shape index (κ1) is 26.6. The summed E-state index contributed by atoms with van der Waals surface area (Å²) in [4.78, 5) is 33.6. The summed E-state index contributed by atoms with van der Waals surface area (Å²) in [5, 5.41) is 14.4. The highest BCUT2D eigenvalue weighted by Gasteiger charge is 2.37. The van der Waals surface area contributed by atoms with E-state index in [2.05, 4.69) is 31.1 Å². The summed E-state index contributed by atoms with van der Waals surface area (Å²) in [5.41, 5.74) is 2.64. The van der Waals surface area contributed by atoms with Gasteiger partial charge in [0.15, 0.2) is 6.10 Å². The monoisotopic (exact) mass is 499 g/mol. The molecule has 3 aromatic rings. The van der Waals surface area contributed by atoms with Gasteiger partial charge < -0.3 is 10.4 Å². The Labute approximate surface area is 219 Å². The van der Waals surface area contributed by atoms with Crippen LogP contribution < -0.4 is 10.2 Å². The average molecular weight is 500 g/mol. The molecule has 1 fully saturated rings. The Bertz CT molecular complexity index is 1170. The van der Waals surface area contributed by atoms with Crippen molar-refractivity contribution in [2.75, 3.05) is 4.90 Å². The molecule has 6 nitrogen and oxygen atoms in total. The van der Waals surface area contributed by atoms with Crippen molar-refractivity contribution in [2.24, 2.45) is 0 Å². The number of aliphatic hydroxyl groups is 1. The molecule has 6 heteroatoms.